The highest BCUT2D eigenvalue weighted by Gasteiger charge is 2.24. The van der Waals surface area contributed by atoms with E-state index in [4.69, 9.17) is 0 Å². The second-order valence-electron chi connectivity index (χ2n) is 5.60. The maximum atomic E-state index is 12.2. The van der Waals surface area contributed by atoms with Crippen molar-refractivity contribution in [1.82, 2.24) is 15.1 Å². The molecule has 21 heavy (non-hydrogen) atoms. The summed E-state index contributed by atoms with van der Waals surface area (Å²) < 4.78 is 0. The minimum Gasteiger partial charge on any atom is -0.343 e. The van der Waals surface area contributed by atoms with Gasteiger partial charge in [-0.25, -0.2) is 0 Å². The Morgan fingerprint density at radius 3 is 2.90 bits per heavy atom. The molecule has 1 saturated heterocycles. The van der Waals surface area contributed by atoms with Gasteiger partial charge in [0, 0.05) is 42.2 Å². The number of aryl methyl sites for hydroxylation is 1. The molecule has 1 aliphatic heterocycles. The van der Waals surface area contributed by atoms with E-state index in [0.29, 0.717) is 18.2 Å². The van der Waals surface area contributed by atoms with E-state index >= 15 is 0 Å². The Kier molecular flexibility index (Phi) is 4.70. The number of nitrogens with zero attached hydrogens (tertiary/aromatic N) is 2. The molecular formula is C16H21N3OS. The third kappa shape index (κ3) is 3.73. The van der Waals surface area contributed by atoms with Gasteiger partial charge in [0.1, 0.15) is 0 Å². The predicted molar refractivity (Wildman–Crippen MR) is 84.4 cm³/mol. The van der Waals surface area contributed by atoms with Gasteiger partial charge in [0.2, 0.25) is 5.91 Å². The number of likely N-dealkylation sites (tertiary alicyclic amines) is 1. The van der Waals surface area contributed by atoms with Gasteiger partial charge in [-0.3, -0.25) is 9.89 Å². The first kappa shape index (κ1) is 14.3. The largest absolute Gasteiger partial charge is 0.343 e. The summed E-state index contributed by atoms with van der Waals surface area (Å²) in [5.74, 6) is 0.845. The summed E-state index contributed by atoms with van der Waals surface area (Å²) in [7, 11) is 0. The summed E-state index contributed by atoms with van der Waals surface area (Å²) in [6.07, 6.45) is 6.54. The molecular weight excluding hydrogens is 282 g/mol. The van der Waals surface area contributed by atoms with Crippen LogP contribution in [-0.4, -0.2) is 34.1 Å². The fourth-order valence-electron chi connectivity index (χ4n) is 2.96. The van der Waals surface area contributed by atoms with Gasteiger partial charge in [-0.1, -0.05) is 6.07 Å². The van der Waals surface area contributed by atoms with Crippen LogP contribution in [0, 0.1) is 0 Å². The Labute approximate surface area is 129 Å². The molecule has 4 nitrogen and oxygen atoms in total. The fourth-order valence-corrected chi connectivity index (χ4v) is 3.71. The minimum atomic E-state index is 0.314. The van der Waals surface area contributed by atoms with E-state index in [1.165, 1.54) is 10.6 Å². The van der Waals surface area contributed by atoms with Crippen molar-refractivity contribution in [1.29, 1.82) is 0 Å². The molecule has 0 radical (unpaired) electrons. The Balaban J connectivity index is 1.40. The fraction of sp³-hybridized carbons (Fsp3) is 0.500. The van der Waals surface area contributed by atoms with Crippen LogP contribution in [0.5, 0.6) is 0 Å². The van der Waals surface area contributed by atoms with Gasteiger partial charge in [0.05, 0.1) is 0 Å². The third-order valence-corrected chi connectivity index (χ3v) is 5.14. The van der Waals surface area contributed by atoms with Crippen molar-refractivity contribution in [2.75, 3.05) is 13.1 Å². The molecule has 2 aromatic rings. The van der Waals surface area contributed by atoms with Crippen molar-refractivity contribution in [2.24, 2.45) is 0 Å². The van der Waals surface area contributed by atoms with Gasteiger partial charge in [-0.2, -0.15) is 5.10 Å². The number of aromatic amines is 1. The molecule has 1 N–H and O–H groups in total. The molecule has 0 atom stereocenters. The van der Waals surface area contributed by atoms with E-state index in [0.717, 1.165) is 38.8 Å². The number of carbonyl (C=O) groups is 1. The third-order valence-electron chi connectivity index (χ3n) is 4.20. The smallest absolute Gasteiger partial charge is 0.222 e. The standard InChI is InChI=1S/C16H21N3OS/c20-16(5-1-3-14-4-2-12-21-14)19-10-7-13(8-11-19)15-6-9-17-18-15/h2,4,6,9,12-13H,1,3,5,7-8,10-11H2,(H,17,18). The molecule has 0 aromatic carbocycles. The van der Waals surface area contributed by atoms with E-state index in [9.17, 15) is 4.79 Å². The Bertz CT molecular complexity index is 542. The predicted octanol–water partition coefficient (Wildman–Crippen LogP) is 3.20. The van der Waals surface area contributed by atoms with Crippen LogP contribution in [0.2, 0.25) is 0 Å². The summed E-state index contributed by atoms with van der Waals surface area (Å²) in [5, 5.41) is 9.15. The summed E-state index contributed by atoms with van der Waals surface area (Å²) >= 11 is 1.77. The Morgan fingerprint density at radius 1 is 1.38 bits per heavy atom. The number of hydrogen-bond acceptors (Lipinski definition) is 3. The van der Waals surface area contributed by atoms with E-state index in [1.807, 2.05) is 11.0 Å². The van der Waals surface area contributed by atoms with Crippen LogP contribution in [0.1, 0.15) is 42.2 Å². The lowest BCUT2D eigenvalue weighted by Crippen LogP contribution is -2.37. The Hall–Kier alpha value is -1.62. The normalized spacial score (nSPS) is 16.3. The molecule has 2 aromatic heterocycles. The zero-order chi connectivity index (χ0) is 14.5. The molecule has 3 heterocycles. The second kappa shape index (κ2) is 6.89. The van der Waals surface area contributed by atoms with Crippen molar-refractivity contribution in [3.8, 4) is 0 Å². The van der Waals surface area contributed by atoms with Gasteiger partial charge < -0.3 is 4.90 Å². The van der Waals surface area contributed by atoms with Crippen LogP contribution in [0.15, 0.2) is 29.8 Å². The number of nitrogens with one attached hydrogen (secondary N) is 1. The molecule has 0 bridgehead atoms. The Morgan fingerprint density at radius 2 is 2.24 bits per heavy atom. The van der Waals surface area contributed by atoms with Crippen LogP contribution >= 0.6 is 11.3 Å². The molecule has 1 fully saturated rings. The molecule has 5 heteroatoms. The monoisotopic (exact) mass is 303 g/mol. The quantitative estimate of drug-likeness (QED) is 0.922. The topological polar surface area (TPSA) is 49.0 Å². The van der Waals surface area contributed by atoms with Gasteiger partial charge in [-0.15, -0.1) is 11.3 Å². The molecule has 0 spiro atoms. The lowest BCUT2D eigenvalue weighted by molar-refractivity contribution is -0.132. The highest BCUT2D eigenvalue weighted by atomic mass is 32.1. The lowest BCUT2D eigenvalue weighted by Gasteiger charge is -2.31. The highest BCUT2D eigenvalue weighted by molar-refractivity contribution is 7.09. The number of amides is 1. The maximum Gasteiger partial charge on any atom is 0.222 e. The van der Waals surface area contributed by atoms with E-state index in [-0.39, 0.29) is 0 Å². The van der Waals surface area contributed by atoms with E-state index in [1.54, 1.807) is 17.5 Å². The van der Waals surface area contributed by atoms with Crippen molar-refractivity contribution >= 4 is 17.2 Å². The summed E-state index contributed by atoms with van der Waals surface area (Å²) in [4.78, 5) is 15.6. The van der Waals surface area contributed by atoms with Crippen molar-refractivity contribution in [3.05, 3.63) is 40.3 Å². The van der Waals surface area contributed by atoms with Gasteiger partial charge in [0.25, 0.3) is 0 Å². The molecule has 112 valence electrons. The molecule has 1 aliphatic rings. The average Bonchev–Trinajstić information content (AvgIpc) is 3.21. The number of hydrogen-bond donors (Lipinski definition) is 1. The van der Waals surface area contributed by atoms with Crippen LogP contribution in [0.3, 0.4) is 0 Å². The number of aromatic nitrogens is 2. The lowest BCUT2D eigenvalue weighted by atomic mass is 9.93. The highest BCUT2D eigenvalue weighted by Crippen LogP contribution is 2.26. The van der Waals surface area contributed by atoms with Crippen LogP contribution in [0.25, 0.3) is 0 Å². The van der Waals surface area contributed by atoms with Gasteiger partial charge in [0.15, 0.2) is 0 Å². The maximum absolute atomic E-state index is 12.2. The number of thiophene rings is 1. The second-order valence-corrected chi connectivity index (χ2v) is 6.63. The number of carbonyl (C=O) groups excluding carboxylic acids is 1. The SMILES string of the molecule is O=C(CCCc1cccs1)N1CCC(c2ccn[nH]2)CC1. The van der Waals surface area contributed by atoms with Crippen LogP contribution in [0.4, 0.5) is 0 Å². The van der Waals surface area contributed by atoms with E-state index < -0.39 is 0 Å². The van der Waals surface area contributed by atoms with Crippen molar-refractivity contribution < 1.29 is 4.79 Å². The minimum absolute atomic E-state index is 0.314. The molecule has 1 amide bonds. The molecule has 0 aliphatic carbocycles. The number of rotatable bonds is 5. The molecule has 0 saturated carbocycles. The zero-order valence-electron chi connectivity index (χ0n) is 12.1. The molecule has 0 unspecified atom stereocenters. The first-order chi connectivity index (χ1) is 10.3. The van der Waals surface area contributed by atoms with Crippen molar-refractivity contribution in [3.63, 3.8) is 0 Å². The first-order valence-corrected chi connectivity index (χ1v) is 8.50. The van der Waals surface area contributed by atoms with Crippen LogP contribution in [-0.2, 0) is 11.2 Å². The summed E-state index contributed by atoms with van der Waals surface area (Å²) in [5.41, 5.74) is 1.21. The van der Waals surface area contributed by atoms with Crippen LogP contribution < -0.4 is 0 Å². The number of piperidine rings is 1. The van der Waals surface area contributed by atoms with Gasteiger partial charge in [-0.05, 0) is 43.2 Å². The first-order valence-electron chi connectivity index (χ1n) is 7.62. The zero-order valence-corrected chi connectivity index (χ0v) is 12.9. The van der Waals surface area contributed by atoms with Gasteiger partial charge >= 0.3 is 0 Å². The molecule has 3 rings (SSSR count). The number of H-pyrrole nitrogens is 1. The van der Waals surface area contributed by atoms with Crippen molar-refractivity contribution in [2.45, 2.75) is 38.0 Å². The summed E-state index contributed by atoms with van der Waals surface area (Å²) in [6, 6.07) is 6.26. The van der Waals surface area contributed by atoms with E-state index in [2.05, 4.69) is 27.7 Å². The summed E-state index contributed by atoms with van der Waals surface area (Å²) in [6.45, 7) is 1.75. The average molecular weight is 303 g/mol.